The Hall–Kier alpha value is 0.639. The van der Waals surface area contributed by atoms with Crippen LogP contribution in [-0.2, 0) is 9.22 Å². The van der Waals surface area contributed by atoms with Crippen LogP contribution in [0.3, 0.4) is 0 Å². The normalized spacial score (nSPS) is 14.4. The van der Waals surface area contributed by atoms with Crippen molar-refractivity contribution >= 4 is 19.6 Å². The van der Waals surface area contributed by atoms with Crippen LogP contribution in [0.25, 0.3) is 0 Å². The second-order valence-corrected chi connectivity index (χ2v) is 12.0. The fourth-order valence-corrected chi connectivity index (χ4v) is 7.09. The average molecular weight is 312 g/mol. The van der Waals surface area contributed by atoms with Crippen molar-refractivity contribution in [1.29, 1.82) is 0 Å². The van der Waals surface area contributed by atoms with Gasteiger partial charge in [0.05, 0.1) is 0 Å². The molecule has 0 aliphatic carbocycles. The van der Waals surface area contributed by atoms with Gasteiger partial charge in [0.2, 0.25) is 0 Å². The van der Waals surface area contributed by atoms with E-state index in [4.69, 9.17) is 9.22 Å². The molecule has 0 rings (SSSR count). The summed E-state index contributed by atoms with van der Waals surface area (Å²) >= 11 is -3.13. The molecule has 4 nitrogen and oxygen atoms in total. The second kappa shape index (κ2) is 7.87. The molecule has 0 fully saturated rings. The van der Waals surface area contributed by atoms with Gasteiger partial charge < -0.3 is 0 Å². The molecule has 0 radical (unpaired) electrons. The van der Waals surface area contributed by atoms with Crippen molar-refractivity contribution in [2.75, 3.05) is 34.4 Å². The molecule has 5 heteroatoms. The zero-order chi connectivity index (χ0) is 11.0. The second-order valence-electron chi connectivity index (χ2n) is 3.41. The average Bonchev–Trinajstić information content (AvgIpc) is 2.23. The zero-order valence-electron chi connectivity index (χ0n) is 9.92. The summed E-state index contributed by atoms with van der Waals surface area (Å²) in [4.78, 5) is 0. The third kappa shape index (κ3) is 4.93. The maximum absolute atomic E-state index is 5.42. The molecule has 0 amide bonds. The molecule has 0 bridgehead atoms. The molecule has 0 aromatic rings. The summed E-state index contributed by atoms with van der Waals surface area (Å²) in [5.41, 5.74) is 0. The molecule has 0 aromatic carbocycles. The van der Waals surface area contributed by atoms with E-state index in [2.05, 4.69) is 19.2 Å². The summed E-state index contributed by atoms with van der Waals surface area (Å²) in [6.07, 6.45) is 0. The number of nitrogens with one attached hydrogen (secondary N) is 1. The first kappa shape index (κ1) is 14.6. The van der Waals surface area contributed by atoms with Gasteiger partial charge in [-0.2, -0.15) is 0 Å². The Morgan fingerprint density at radius 1 is 1.14 bits per heavy atom. The minimum atomic E-state index is -3.13. The molecule has 14 heavy (non-hydrogen) atoms. The van der Waals surface area contributed by atoms with Crippen LogP contribution in [0.1, 0.15) is 13.8 Å². The van der Waals surface area contributed by atoms with Gasteiger partial charge in [-0.1, -0.05) is 0 Å². The minimum absolute atomic E-state index is 0.533. The van der Waals surface area contributed by atoms with Crippen LogP contribution in [0.2, 0.25) is 4.44 Å². The van der Waals surface area contributed by atoms with E-state index in [-0.39, 0.29) is 0 Å². The van der Waals surface area contributed by atoms with E-state index in [1.807, 2.05) is 0 Å². The van der Waals surface area contributed by atoms with E-state index >= 15 is 0 Å². The van der Waals surface area contributed by atoms with Gasteiger partial charge in [-0.05, 0) is 0 Å². The first-order valence-electron chi connectivity index (χ1n) is 5.00. The molecule has 0 aromatic heterocycles. The van der Waals surface area contributed by atoms with Crippen molar-refractivity contribution < 1.29 is 9.22 Å². The van der Waals surface area contributed by atoms with Gasteiger partial charge in [0.1, 0.15) is 0 Å². The van der Waals surface area contributed by atoms with Crippen LogP contribution in [0.15, 0.2) is 0 Å². The summed E-state index contributed by atoms with van der Waals surface area (Å²) < 4.78 is 17.2. The molecule has 0 saturated heterocycles. The quantitative estimate of drug-likeness (QED) is 0.682. The third-order valence-electron chi connectivity index (χ3n) is 2.27. The predicted molar refractivity (Wildman–Crippen MR) is 59.3 cm³/mol. The Morgan fingerprint density at radius 2 is 1.64 bits per heavy atom. The van der Waals surface area contributed by atoms with E-state index in [1.165, 1.54) is 0 Å². The van der Waals surface area contributed by atoms with Crippen LogP contribution in [0, 0.1) is 5.92 Å². The fourth-order valence-electron chi connectivity index (χ4n) is 1.39. The number of hydrogen-bond acceptors (Lipinski definition) is 4. The first-order valence-corrected chi connectivity index (χ1v) is 10.5. The molecule has 0 heterocycles. The first-order chi connectivity index (χ1) is 6.64. The van der Waals surface area contributed by atoms with Crippen molar-refractivity contribution in [3.63, 3.8) is 0 Å². The van der Waals surface area contributed by atoms with Crippen LogP contribution >= 0.6 is 0 Å². The van der Waals surface area contributed by atoms with Gasteiger partial charge in [-0.15, -0.1) is 0 Å². The van der Waals surface area contributed by atoms with Crippen LogP contribution in [0.5, 0.6) is 0 Å². The van der Waals surface area contributed by atoms with Gasteiger partial charge in [-0.3, -0.25) is 0 Å². The van der Waals surface area contributed by atoms with Crippen LogP contribution in [-0.4, -0.2) is 54.0 Å². The monoisotopic (exact) mass is 313 g/mol. The van der Waals surface area contributed by atoms with Crippen molar-refractivity contribution in [3.8, 4) is 0 Å². The van der Waals surface area contributed by atoms with Gasteiger partial charge in [0, 0.05) is 0 Å². The van der Waals surface area contributed by atoms with Gasteiger partial charge in [0.25, 0.3) is 0 Å². The molecule has 0 spiro atoms. The third-order valence-corrected chi connectivity index (χ3v) is 11.0. The van der Waals surface area contributed by atoms with E-state index in [0.29, 0.717) is 5.92 Å². The Balaban J connectivity index is 4.01. The Labute approximate surface area is 92.8 Å². The molecule has 1 N–H and O–H groups in total. The molecular weight excluding hydrogens is 289 g/mol. The summed E-state index contributed by atoms with van der Waals surface area (Å²) in [6, 6.07) is 0. The van der Waals surface area contributed by atoms with E-state index < -0.39 is 19.6 Å². The molecule has 0 aliphatic rings. The van der Waals surface area contributed by atoms with Crippen molar-refractivity contribution in [2.24, 2.45) is 5.92 Å². The zero-order valence-corrected chi connectivity index (χ0v) is 12.8. The molecule has 0 saturated carbocycles. The molecular formula is C9H23NO3Sn. The molecule has 0 aliphatic heterocycles. The van der Waals surface area contributed by atoms with E-state index in [9.17, 15) is 0 Å². The van der Waals surface area contributed by atoms with E-state index in [1.54, 1.807) is 21.3 Å². The maximum atomic E-state index is 5.42. The summed E-state index contributed by atoms with van der Waals surface area (Å²) in [5, 5.41) is 3.31. The van der Waals surface area contributed by atoms with Crippen molar-refractivity contribution in [2.45, 2.75) is 18.3 Å². The van der Waals surface area contributed by atoms with Crippen molar-refractivity contribution in [1.82, 2.24) is 5.32 Å². The Morgan fingerprint density at radius 3 is 2.00 bits per heavy atom. The summed E-state index contributed by atoms with van der Waals surface area (Å²) in [7, 11) is 5.05. The molecule has 1 atom stereocenters. The predicted octanol–water partition coefficient (Wildman–Crippen LogP) is 1.11. The fraction of sp³-hybridized carbons (Fsp3) is 1.00. The summed E-state index contributed by atoms with van der Waals surface area (Å²) in [5.74, 6) is 0.533. The Bertz CT molecular complexity index is 134. The van der Waals surface area contributed by atoms with Crippen molar-refractivity contribution in [3.05, 3.63) is 0 Å². The summed E-state index contributed by atoms with van der Waals surface area (Å²) in [6.45, 7) is 6.28. The molecule has 86 valence electrons. The number of hydrogen-bond donors (Lipinski definition) is 1. The SMILES string of the molecule is CCNCC(C)[CH2][Sn]([O]C)([O]C)[O]C. The standard InChI is InChI=1S/C6H14N.3CH3O.Sn/c1-4-7-5-6(2)3;3*1-2;/h6-7H,2,4-5H2,1,3H3;3*1H3;/q;3*-1;+3. The van der Waals surface area contributed by atoms with Gasteiger partial charge in [0.15, 0.2) is 0 Å². The van der Waals surface area contributed by atoms with Crippen LogP contribution in [0.4, 0.5) is 0 Å². The van der Waals surface area contributed by atoms with E-state index in [0.717, 1.165) is 17.5 Å². The van der Waals surface area contributed by atoms with Gasteiger partial charge in [-0.25, -0.2) is 0 Å². The van der Waals surface area contributed by atoms with Crippen LogP contribution < -0.4 is 5.32 Å². The number of rotatable bonds is 8. The topological polar surface area (TPSA) is 39.7 Å². The Kier molecular flexibility index (Phi) is 8.23. The van der Waals surface area contributed by atoms with Gasteiger partial charge >= 0.3 is 92.8 Å². The molecule has 1 unspecified atom stereocenters.